The second kappa shape index (κ2) is 10.6. The lowest BCUT2D eigenvalue weighted by Gasteiger charge is -2.20. The van der Waals surface area contributed by atoms with Crippen molar-refractivity contribution in [2.45, 2.75) is 20.1 Å². The van der Waals surface area contributed by atoms with Crippen molar-refractivity contribution in [3.63, 3.8) is 0 Å². The normalized spacial score (nSPS) is 10.7. The largest absolute Gasteiger partial charge is 0.493 e. The van der Waals surface area contributed by atoms with Crippen LogP contribution in [-0.4, -0.2) is 52.6 Å². The number of nitrogens with zero attached hydrogens (tertiary/aromatic N) is 1. The van der Waals surface area contributed by atoms with Crippen molar-refractivity contribution in [3.8, 4) is 28.5 Å². The Morgan fingerprint density at radius 3 is 1.97 bits per heavy atom. The highest BCUT2D eigenvalue weighted by Crippen LogP contribution is 2.41. The van der Waals surface area contributed by atoms with Crippen molar-refractivity contribution < 1.29 is 33.2 Å². The van der Waals surface area contributed by atoms with Crippen LogP contribution in [0.1, 0.15) is 36.2 Å². The Labute approximate surface area is 170 Å². The van der Waals surface area contributed by atoms with E-state index in [0.717, 1.165) is 0 Å². The molecule has 1 heterocycles. The molecule has 0 unspecified atom stereocenters. The highest BCUT2D eigenvalue weighted by atomic mass is 16.7. The zero-order chi connectivity index (χ0) is 21.4. The molecule has 0 saturated carbocycles. The van der Waals surface area contributed by atoms with Crippen LogP contribution >= 0.6 is 0 Å². The first-order chi connectivity index (χ1) is 14.0. The molecule has 2 aromatic rings. The average Bonchev–Trinajstić information content (AvgIpc) is 2.76. The van der Waals surface area contributed by atoms with E-state index < -0.39 is 12.3 Å². The zero-order valence-corrected chi connectivity index (χ0v) is 17.6. The number of pyridine rings is 1. The van der Waals surface area contributed by atoms with Crippen molar-refractivity contribution >= 4 is 5.97 Å². The minimum absolute atomic E-state index is 0.274. The van der Waals surface area contributed by atoms with Gasteiger partial charge in [0.1, 0.15) is 5.69 Å². The number of hydrogen-bond donors (Lipinski definition) is 0. The second-order valence-corrected chi connectivity index (χ2v) is 5.78. The van der Waals surface area contributed by atoms with E-state index in [-0.39, 0.29) is 5.56 Å². The quantitative estimate of drug-likeness (QED) is 0.438. The zero-order valence-electron chi connectivity index (χ0n) is 17.6. The number of hydrogen-bond acceptors (Lipinski definition) is 8. The third kappa shape index (κ3) is 4.96. The molecule has 1 aromatic heterocycles. The summed E-state index contributed by atoms with van der Waals surface area (Å²) in [5.74, 6) is 0.946. The molecule has 0 spiro atoms. The van der Waals surface area contributed by atoms with Gasteiger partial charge < -0.3 is 28.4 Å². The summed E-state index contributed by atoms with van der Waals surface area (Å²) in [5, 5.41) is 0. The van der Waals surface area contributed by atoms with Crippen LogP contribution in [0.3, 0.4) is 0 Å². The minimum atomic E-state index is -0.805. The predicted molar refractivity (Wildman–Crippen MR) is 107 cm³/mol. The van der Waals surface area contributed by atoms with Gasteiger partial charge in [0.25, 0.3) is 0 Å². The van der Waals surface area contributed by atoms with Crippen LogP contribution in [0.4, 0.5) is 0 Å². The number of carbonyl (C=O) groups is 1. The SMILES string of the molecule is CCOC(OCC)c1nc(-c2cc(OC)c(OC)c(OC)c2)ccc1C(=O)OC. The summed E-state index contributed by atoms with van der Waals surface area (Å²) in [6.07, 6.45) is -0.805. The number of carbonyl (C=O) groups excluding carboxylic acids is 1. The summed E-state index contributed by atoms with van der Waals surface area (Å²) in [7, 11) is 5.94. The lowest BCUT2D eigenvalue weighted by Crippen LogP contribution is -2.17. The van der Waals surface area contributed by atoms with Crippen LogP contribution in [0.2, 0.25) is 0 Å². The molecule has 0 amide bonds. The number of benzene rings is 1. The first-order valence-corrected chi connectivity index (χ1v) is 9.17. The Morgan fingerprint density at radius 1 is 0.931 bits per heavy atom. The van der Waals surface area contributed by atoms with E-state index in [2.05, 4.69) is 4.98 Å². The molecule has 0 radical (unpaired) electrons. The van der Waals surface area contributed by atoms with E-state index in [1.54, 1.807) is 38.5 Å². The maximum absolute atomic E-state index is 12.2. The Bertz CT molecular complexity index is 807. The monoisotopic (exact) mass is 405 g/mol. The molecule has 29 heavy (non-hydrogen) atoms. The van der Waals surface area contributed by atoms with Crippen molar-refractivity contribution in [1.82, 2.24) is 4.98 Å². The van der Waals surface area contributed by atoms with Gasteiger partial charge in [-0.15, -0.1) is 0 Å². The molecule has 8 heteroatoms. The molecule has 8 nitrogen and oxygen atoms in total. The molecule has 0 aliphatic rings. The molecule has 0 saturated heterocycles. The maximum Gasteiger partial charge on any atom is 0.339 e. The van der Waals surface area contributed by atoms with E-state index in [0.29, 0.717) is 47.4 Å². The standard InChI is InChI=1S/C21H27NO7/c1-7-28-21(29-8-2)18-14(20(23)27-6)9-10-15(22-18)13-11-16(24-3)19(26-5)17(12-13)25-4/h9-12,21H,7-8H2,1-6H3. The molecule has 158 valence electrons. The van der Waals surface area contributed by atoms with E-state index in [1.165, 1.54) is 14.2 Å². The lowest BCUT2D eigenvalue weighted by molar-refractivity contribution is -0.142. The van der Waals surface area contributed by atoms with Crippen molar-refractivity contribution in [2.75, 3.05) is 41.7 Å². The molecule has 2 rings (SSSR count). The number of rotatable bonds is 10. The molecule has 0 N–H and O–H groups in total. The number of aromatic nitrogens is 1. The van der Waals surface area contributed by atoms with Crippen molar-refractivity contribution in [2.24, 2.45) is 0 Å². The number of methoxy groups -OCH3 is 4. The van der Waals surface area contributed by atoms with E-state index in [9.17, 15) is 4.79 Å². The van der Waals surface area contributed by atoms with E-state index >= 15 is 0 Å². The third-order valence-electron chi connectivity index (χ3n) is 4.15. The van der Waals surface area contributed by atoms with Crippen LogP contribution in [0, 0.1) is 0 Å². The Balaban J connectivity index is 2.65. The topological polar surface area (TPSA) is 85.3 Å². The summed E-state index contributed by atoms with van der Waals surface area (Å²) in [4.78, 5) is 16.9. The van der Waals surface area contributed by atoms with Crippen LogP contribution in [0.5, 0.6) is 17.2 Å². The van der Waals surface area contributed by atoms with Gasteiger partial charge in [0, 0.05) is 18.8 Å². The number of ether oxygens (including phenoxy) is 6. The fraction of sp³-hybridized carbons (Fsp3) is 0.429. The third-order valence-corrected chi connectivity index (χ3v) is 4.15. The molecule has 0 aliphatic carbocycles. The molecular formula is C21H27NO7. The Kier molecular flexibility index (Phi) is 8.23. The van der Waals surface area contributed by atoms with Crippen LogP contribution < -0.4 is 14.2 Å². The van der Waals surface area contributed by atoms with Crippen LogP contribution in [-0.2, 0) is 14.2 Å². The van der Waals surface area contributed by atoms with Gasteiger partial charge in [-0.05, 0) is 38.1 Å². The van der Waals surface area contributed by atoms with Crippen LogP contribution in [0.25, 0.3) is 11.3 Å². The molecule has 0 aliphatic heterocycles. The summed E-state index contributed by atoms with van der Waals surface area (Å²) in [6.45, 7) is 4.46. The summed E-state index contributed by atoms with van der Waals surface area (Å²) < 4.78 is 32.4. The minimum Gasteiger partial charge on any atom is -0.493 e. The van der Waals surface area contributed by atoms with Crippen molar-refractivity contribution in [3.05, 3.63) is 35.5 Å². The summed E-state index contributed by atoms with van der Waals surface area (Å²) in [6, 6.07) is 6.91. The summed E-state index contributed by atoms with van der Waals surface area (Å²) >= 11 is 0. The van der Waals surface area contributed by atoms with Gasteiger partial charge in [-0.1, -0.05) is 0 Å². The van der Waals surface area contributed by atoms with Gasteiger partial charge in [0.05, 0.1) is 39.7 Å². The second-order valence-electron chi connectivity index (χ2n) is 5.78. The highest BCUT2D eigenvalue weighted by molar-refractivity contribution is 5.91. The van der Waals surface area contributed by atoms with E-state index in [1.807, 2.05) is 13.8 Å². The fourth-order valence-electron chi connectivity index (χ4n) is 2.84. The molecular weight excluding hydrogens is 378 g/mol. The Morgan fingerprint density at radius 2 is 1.52 bits per heavy atom. The first kappa shape index (κ1) is 22.4. The van der Waals surface area contributed by atoms with Gasteiger partial charge in [0.2, 0.25) is 12.0 Å². The average molecular weight is 405 g/mol. The predicted octanol–water partition coefficient (Wildman–Crippen LogP) is 3.63. The smallest absolute Gasteiger partial charge is 0.339 e. The van der Waals surface area contributed by atoms with Gasteiger partial charge in [-0.25, -0.2) is 9.78 Å². The van der Waals surface area contributed by atoms with Crippen molar-refractivity contribution in [1.29, 1.82) is 0 Å². The molecule has 0 fully saturated rings. The molecule has 0 bridgehead atoms. The molecule has 0 atom stereocenters. The van der Waals surface area contributed by atoms with E-state index in [4.69, 9.17) is 28.4 Å². The fourth-order valence-corrected chi connectivity index (χ4v) is 2.84. The van der Waals surface area contributed by atoms with Gasteiger partial charge in [0.15, 0.2) is 11.5 Å². The van der Waals surface area contributed by atoms with Gasteiger partial charge in [-0.2, -0.15) is 0 Å². The maximum atomic E-state index is 12.2. The Hall–Kier alpha value is -2.84. The highest BCUT2D eigenvalue weighted by Gasteiger charge is 2.24. The number of esters is 1. The lowest BCUT2D eigenvalue weighted by atomic mass is 10.1. The van der Waals surface area contributed by atoms with Gasteiger partial charge >= 0.3 is 5.97 Å². The van der Waals surface area contributed by atoms with Gasteiger partial charge in [-0.3, -0.25) is 0 Å². The first-order valence-electron chi connectivity index (χ1n) is 9.17. The summed E-state index contributed by atoms with van der Waals surface area (Å²) in [5.41, 5.74) is 1.91. The van der Waals surface area contributed by atoms with Crippen LogP contribution in [0.15, 0.2) is 24.3 Å². The molecule has 1 aromatic carbocycles.